The molecule has 2 atom stereocenters. The highest BCUT2D eigenvalue weighted by Crippen LogP contribution is 2.44. The van der Waals surface area contributed by atoms with Crippen LogP contribution in [0.15, 0.2) is 18.2 Å². The zero-order valence-corrected chi connectivity index (χ0v) is 23.1. The van der Waals surface area contributed by atoms with E-state index in [0.29, 0.717) is 32.8 Å². The first-order chi connectivity index (χ1) is 19.4. The number of hydrogen-bond donors (Lipinski definition) is 2. The smallest absolute Gasteiger partial charge is 0.475 e. The van der Waals surface area contributed by atoms with Gasteiger partial charge in [-0.3, -0.25) is 19.5 Å². The molecule has 17 heteroatoms. The van der Waals surface area contributed by atoms with E-state index >= 15 is 0 Å². The van der Waals surface area contributed by atoms with Gasteiger partial charge in [-0.05, 0) is 38.8 Å². The third-order valence-electron chi connectivity index (χ3n) is 6.38. The van der Waals surface area contributed by atoms with Crippen LogP contribution in [0.3, 0.4) is 0 Å². The molecule has 2 aliphatic rings. The average molecular weight is 618 g/mol. The second-order valence-corrected chi connectivity index (χ2v) is 9.50. The first kappa shape index (κ1) is 36.6. The van der Waals surface area contributed by atoms with E-state index in [9.17, 15) is 35.9 Å². The van der Waals surface area contributed by atoms with Gasteiger partial charge in [-0.2, -0.15) is 26.3 Å². The van der Waals surface area contributed by atoms with Crippen LogP contribution in [0.2, 0.25) is 0 Å². The number of likely N-dealkylation sites (tertiary alicyclic amines) is 2. The summed E-state index contributed by atoms with van der Waals surface area (Å²) in [6, 6.07) is 6.02. The molecule has 0 saturated carbocycles. The molecule has 1 aromatic rings. The van der Waals surface area contributed by atoms with Crippen molar-refractivity contribution in [2.45, 2.75) is 45.6 Å². The Morgan fingerprint density at radius 1 is 1.05 bits per heavy atom. The van der Waals surface area contributed by atoms with Crippen LogP contribution >= 0.6 is 0 Å². The Morgan fingerprint density at radius 2 is 1.62 bits per heavy atom. The van der Waals surface area contributed by atoms with E-state index in [1.807, 2.05) is 36.9 Å². The molecule has 11 nitrogen and oxygen atoms in total. The van der Waals surface area contributed by atoms with E-state index in [2.05, 4.69) is 9.88 Å². The fraction of sp³-hybridized carbons (Fsp3) is 0.640. The molecule has 0 aliphatic carbocycles. The molecule has 2 N–H and O–H groups in total. The summed E-state index contributed by atoms with van der Waals surface area (Å²) in [6.45, 7) is 7.62. The van der Waals surface area contributed by atoms with E-state index < -0.39 is 29.7 Å². The monoisotopic (exact) mass is 617 g/mol. The Balaban J connectivity index is 0.000000522. The molecule has 1 amide bonds. The molecule has 0 radical (unpaired) electrons. The summed E-state index contributed by atoms with van der Waals surface area (Å²) in [4.78, 5) is 52.0. The summed E-state index contributed by atoms with van der Waals surface area (Å²) in [5.74, 6) is -5.60. The van der Waals surface area contributed by atoms with E-state index in [4.69, 9.17) is 29.3 Å². The van der Waals surface area contributed by atoms with Gasteiger partial charge in [0.15, 0.2) is 0 Å². The summed E-state index contributed by atoms with van der Waals surface area (Å²) in [5.41, 5.74) is 1.44. The van der Waals surface area contributed by atoms with Gasteiger partial charge < -0.3 is 24.6 Å². The zero-order valence-electron chi connectivity index (χ0n) is 23.1. The van der Waals surface area contributed by atoms with Gasteiger partial charge in [0.1, 0.15) is 6.61 Å². The second kappa shape index (κ2) is 15.7. The Hall–Kier alpha value is -3.47. The summed E-state index contributed by atoms with van der Waals surface area (Å²) >= 11 is 0. The number of carboxylic acids is 2. The van der Waals surface area contributed by atoms with Gasteiger partial charge in [0.05, 0.1) is 17.7 Å². The number of aromatic nitrogens is 1. The number of ether oxygens (including phenoxy) is 2. The summed E-state index contributed by atoms with van der Waals surface area (Å²) in [5, 5.41) is 14.2. The Kier molecular flexibility index (Phi) is 13.6. The second-order valence-electron chi connectivity index (χ2n) is 9.50. The van der Waals surface area contributed by atoms with Crippen molar-refractivity contribution in [2.24, 2.45) is 11.3 Å². The quantitative estimate of drug-likeness (QED) is 0.361. The highest BCUT2D eigenvalue weighted by molar-refractivity contribution is 5.80. The van der Waals surface area contributed by atoms with Crippen LogP contribution in [-0.4, -0.2) is 108 Å². The van der Waals surface area contributed by atoms with E-state index in [-0.39, 0.29) is 24.4 Å². The number of esters is 1. The molecular formula is C25H33F6N3O8. The number of hydrogen-bond acceptors (Lipinski definition) is 8. The molecule has 2 saturated heterocycles. The van der Waals surface area contributed by atoms with Crippen molar-refractivity contribution in [3.63, 3.8) is 0 Å². The van der Waals surface area contributed by atoms with Crippen molar-refractivity contribution in [2.75, 3.05) is 46.5 Å². The number of pyridine rings is 1. The number of methoxy groups -OCH3 is 1. The predicted octanol–water partition coefficient (Wildman–Crippen LogP) is 2.91. The van der Waals surface area contributed by atoms with Crippen LogP contribution in [0.1, 0.15) is 31.2 Å². The zero-order chi connectivity index (χ0) is 32.3. The molecular weight excluding hydrogens is 584 g/mol. The SMILES string of the molecule is CCOC(=O)[C@]12CCCN(C(=O)COC)C[C@H]1CN(Cc1cccc(C)n1)C2.O=C(O)C(F)(F)F.O=C(O)C(F)(F)F. The van der Waals surface area contributed by atoms with Crippen LogP contribution < -0.4 is 0 Å². The van der Waals surface area contributed by atoms with Crippen molar-refractivity contribution >= 4 is 23.8 Å². The topological polar surface area (TPSA) is 147 Å². The number of amides is 1. The molecule has 0 aromatic carbocycles. The number of carboxylic acid groups (broad SMARTS) is 2. The van der Waals surface area contributed by atoms with Gasteiger partial charge >= 0.3 is 30.3 Å². The van der Waals surface area contributed by atoms with Crippen molar-refractivity contribution in [3.8, 4) is 0 Å². The average Bonchev–Trinajstić information content (AvgIpc) is 3.10. The fourth-order valence-corrected chi connectivity index (χ4v) is 4.62. The molecule has 2 fully saturated rings. The van der Waals surface area contributed by atoms with Crippen molar-refractivity contribution in [3.05, 3.63) is 29.6 Å². The lowest BCUT2D eigenvalue weighted by molar-refractivity contribution is -0.193. The third-order valence-corrected chi connectivity index (χ3v) is 6.38. The van der Waals surface area contributed by atoms with Crippen LogP contribution in [0.25, 0.3) is 0 Å². The van der Waals surface area contributed by atoms with E-state index in [0.717, 1.165) is 30.8 Å². The Labute approximate surface area is 237 Å². The molecule has 0 bridgehead atoms. The van der Waals surface area contributed by atoms with E-state index in [1.54, 1.807) is 0 Å². The van der Waals surface area contributed by atoms with Crippen LogP contribution in [0, 0.1) is 18.3 Å². The minimum absolute atomic E-state index is 0.0130. The number of aryl methyl sites for hydroxylation is 1. The van der Waals surface area contributed by atoms with Gasteiger partial charge in [0, 0.05) is 51.4 Å². The summed E-state index contributed by atoms with van der Waals surface area (Å²) in [6.07, 6.45) is -8.63. The van der Waals surface area contributed by atoms with Crippen LogP contribution in [-0.2, 0) is 35.2 Å². The van der Waals surface area contributed by atoms with Crippen molar-refractivity contribution in [1.29, 1.82) is 0 Å². The highest BCUT2D eigenvalue weighted by Gasteiger charge is 2.54. The summed E-state index contributed by atoms with van der Waals surface area (Å²) < 4.78 is 74.0. The lowest BCUT2D eigenvalue weighted by Gasteiger charge is -2.31. The highest BCUT2D eigenvalue weighted by atomic mass is 19.4. The number of nitrogens with zero attached hydrogens (tertiary/aromatic N) is 3. The normalized spacial score (nSPS) is 20.6. The molecule has 0 spiro atoms. The lowest BCUT2D eigenvalue weighted by Crippen LogP contribution is -2.44. The van der Waals surface area contributed by atoms with Crippen molar-refractivity contribution in [1.82, 2.24) is 14.8 Å². The van der Waals surface area contributed by atoms with Crippen LogP contribution in [0.5, 0.6) is 0 Å². The number of aliphatic carboxylic acids is 2. The van der Waals surface area contributed by atoms with Gasteiger partial charge in [-0.1, -0.05) is 6.07 Å². The molecule has 0 unspecified atom stereocenters. The standard InChI is InChI=1S/C21H31N3O4.2C2HF3O2/c1-4-28-20(26)21-9-6-10-24(19(25)14-27-3)12-17(21)11-23(15-21)13-18-8-5-7-16(2)22-18;2*3-2(4,5)1(6)7/h5,7-8,17H,4,6,9-15H2,1-3H3;2*(H,6,7)/t17-,21+;;/m1../s1. The molecule has 3 heterocycles. The van der Waals surface area contributed by atoms with E-state index in [1.165, 1.54) is 7.11 Å². The maximum absolute atomic E-state index is 13.0. The fourth-order valence-electron chi connectivity index (χ4n) is 4.62. The molecule has 238 valence electrons. The number of alkyl halides is 6. The van der Waals surface area contributed by atoms with Gasteiger partial charge in [0.2, 0.25) is 5.91 Å². The largest absolute Gasteiger partial charge is 0.490 e. The molecule has 2 aliphatic heterocycles. The maximum atomic E-state index is 13.0. The summed E-state index contributed by atoms with van der Waals surface area (Å²) in [7, 11) is 1.53. The molecule has 42 heavy (non-hydrogen) atoms. The maximum Gasteiger partial charge on any atom is 0.490 e. The number of rotatable bonds is 6. The molecule has 1 aromatic heterocycles. The third kappa shape index (κ3) is 11.1. The first-order valence-corrected chi connectivity index (χ1v) is 12.6. The number of carbonyl (C=O) groups is 4. The van der Waals surface area contributed by atoms with Gasteiger partial charge in [-0.15, -0.1) is 0 Å². The minimum atomic E-state index is -5.08. The number of fused-ring (bicyclic) bond motifs is 1. The van der Waals surface area contributed by atoms with Crippen molar-refractivity contribution < 1.29 is 65.2 Å². The van der Waals surface area contributed by atoms with Crippen LogP contribution in [0.4, 0.5) is 26.3 Å². The first-order valence-electron chi connectivity index (χ1n) is 12.6. The van der Waals surface area contributed by atoms with Gasteiger partial charge in [-0.25, -0.2) is 9.59 Å². The van der Waals surface area contributed by atoms with Gasteiger partial charge in [0.25, 0.3) is 0 Å². The molecule has 3 rings (SSSR count). The minimum Gasteiger partial charge on any atom is -0.475 e. The Morgan fingerprint density at radius 3 is 2.10 bits per heavy atom. The Bertz CT molecular complexity index is 1060. The predicted molar refractivity (Wildman–Crippen MR) is 132 cm³/mol. The number of halogens is 6. The number of carbonyl (C=O) groups excluding carboxylic acids is 2. The lowest BCUT2D eigenvalue weighted by atomic mass is 9.75.